The van der Waals surface area contributed by atoms with Gasteiger partial charge in [0.25, 0.3) is 0 Å². The molecule has 3 N–H and O–H groups in total. The number of amides is 2. The molecule has 8 nitrogen and oxygen atoms in total. The Kier molecular flexibility index (Phi) is 6.83. The van der Waals surface area contributed by atoms with Crippen LogP contribution < -0.4 is 25.0 Å². The van der Waals surface area contributed by atoms with Crippen molar-refractivity contribution in [2.75, 3.05) is 29.2 Å². The fourth-order valence-corrected chi connectivity index (χ4v) is 4.51. The summed E-state index contributed by atoms with van der Waals surface area (Å²) in [5.41, 5.74) is 0.431. The van der Waals surface area contributed by atoms with E-state index in [0.29, 0.717) is 17.1 Å². The standard InChI is InChI=1S/C26H23F4N3O5/c1-25(2)13-33(22-19(37-3)12-16(27)20(21(22)25)23(34)35)18-7-5-4-6-17(18)32-24(36)31-14-8-10-15(11-9-14)38-26(28,29)30/h4-12H,13H2,1-3H3,(H,34,35)(H2,31,32,36). The molecule has 0 fully saturated rings. The topological polar surface area (TPSA) is 100 Å². The number of ether oxygens (including phenoxy) is 2. The minimum absolute atomic E-state index is 0.133. The lowest BCUT2D eigenvalue weighted by Gasteiger charge is -2.25. The van der Waals surface area contributed by atoms with E-state index in [1.54, 1.807) is 43.0 Å². The van der Waals surface area contributed by atoms with Gasteiger partial charge in [0.15, 0.2) is 0 Å². The van der Waals surface area contributed by atoms with Crippen LogP contribution in [0.1, 0.15) is 29.8 Å². The lowest BCUT2D eigenvalue weighted by atomic mass is 9.83. The maximum Gasteiger partial charge on any atom is 0.573 e. The first kappa shape index (κ1) is 26.6. The van der Waals surface area contributed by atoms with Gasteiger partial charge in [0, 0.05) is 29.3 Å². The molecule has 0 atom stereocenters. The number of halogens is 4. The minimum atomic E-state index is -4.83. The number of nitrogens with zero attached hydrogens (tertiary/aromatic N) is 1. The van der Waals surface area contributed by atoms with E-state index in [0.717, 1.165) is 18.2 Å². The molecule has 3 aromatic carbocycles. The summed E-state index contributed by atoms with van der Waals surface area (Å²) in [7, 11) is 1.35. The Bertz CT molecular complexity index is 1390. The molecular weight excluding hydrogens is 510 g/mol. The van der Waals surface area contributed by atoms with E-state index < -0.39 is 40.9 Å². The number of carbonyl (C=O) groups excluding carboxylic acids is 1. The van der Waals surface area contributed by atoms with E-state index in [1.807, 2.05) is 0 Å². The van der Waals surface area contributed by atoms with Crippen LogP contribution in [0.5, 0.6) is 11.5 Å². The summed E-state index contributed by atoms with van der Waals surface area (Å²) in [6.45, 7) is 3.82. The second kappa shape index (κ2) is 9.77. The number of methoxy groups -OCH3 is 1. The molecule has 38 heavy (non-hydrogen) atoms. The molecule has 0 radical (unpaired) electrons. The summed E-state index contributed by atoms with van der Waals surface area (Å²) in [5.74, 6) is -2.63. The number of anilines is 4. The van der Waals surface area contributed by atoms with Crippen molar-refractivity contribution in [2.24, 2.45) is 0 Å². The highest BCUT2D eigenvalue weighted by molar-refractivity contribution is 6.03. The molecule has 2 amide bonds. The number of fused-ring (bicyclic) bond motifs is 1. The molecule has 1 heterocycles. The summed E-state index contributed by atoms with van der Waals surface area (Å²) in [6.07, 6.45) is -4.83. The van der Waals surface area contributed by atoms with Gasteiger partial charge in [-0.15, -0.1) is 13.2 Å². The Balaban J connectivity index is 1.64. The number of carboxylic acid groups (broad SMARTS) is 1. The minimum Gasteiger partial charge on any atom is -0.494 e. The third-order valence-electron chi connectivity index (χ3n) is 5.94. The van der Waals surface area contributed by atoms with Gasteiger partial charge in [-0.3, -0.25) is 0 Å². The molecule has 1 aliphatic rings. The van der Waals surface area contributed by atoms with Crippen molar-refractivity contribution in [1.29, 1.82) is 0 Å². The third kappa shape index (κ3) is 5.29. The maximum absolute atomic E-state index is 14.8. The van der Waals surface area contributed by atoms with E-state index in [-0.39, 0.29) is 23.5 Å². The number of aromatic carboxylic acids is 1. The number of hydrogen-bond acceptors (Lipinski definition) is 5. The summed E-state index contributed by atoms with van der Waals surface area (Å²) in [6, 6.07) is 11.7. The fraction of sp³-hybridized carbons (Fsp3) is 0.231. The summed E-state index contributed by atoms with van der Waals surface area (Å²) < 4.78 is 61.1. The predicted octanol–water partition coefficient (Wildman–Crippen LogP) is 6.50. The molecule has 1 aliphatic heterocycles. The molecule has 4 rings (SSSR count). The molecule has 0 aromatic heterocycles. The smallest absolute Gasteiger partial charge is 0.494 e. The first-order chi connectivity index (χ1) is 17.8. The SMILES string of the molecule is COc1cc(F)c(C(=O)O)c2c1N(c1ccccc1NC(=O)Nc1ccc(OC(F)(F)F)cc1)CC2(C)C. The third-order valence-corrected chi connectivity index (χ3v) is 5.94. The van der Waals surface area contributed by atoms with Gasteiger partial charge in [0.2, 0.25) is 0 Å². The van der Waals surface area contributed by atoms with Gasteiger partial charge >= 0.3 is 18.4 Å². The van der Waals surface area contributed by atoms with Crippen LogP contribution in [0, 0.1) is 5.82 Å². The molecule has 0 spiro atoms. The maximum atomic E-state index is 14.8. The highest BCUT2D eigenvalue weighted by atomic mass is 19.4. The Morgan fingerprint density at radius 1 is 1.05 bits per heavy atom. The number of para-hydroxylation sites is 2. The van der Waals surface area contributed by atoms with Crippen LogP contribution >= 0.6 is 0 Å². The number of carbonyl (C=O) groups is 2. The molecule has 0 bridgehead atoms. The van der Waals surface area contributed by atoms with Crippen LogP contribution in [-0.4, -0.2) is 37.1 Å². The van der Waals surface area contributed by atoms with Crippen molar-refractivity contribution in [3.05, 3.63) is 71.5 Å². The second-order valence-electron chi connectivity index (χ2n) is 9.10. The average Bonchev–Trinajstić information content (AvgIpc) is 3.10. The molecular formula is C26H23F4N3O5. The van der Waals surface area contributed by atoms with Crippen molar-refractivity contribution in [3.8, 4) is 11.5 Å². The van der Waals surface area contributed by atoms with E-state index in [2.05, 4.69) is 15.4 Å². The molecule has 12 heteroatoms. The Labute approximate surface area is 214 Å². The summed E-state index contributed by atoms with van der Waals surface area (Å²) in [5, 5.41) is 15.0. The highest BCUT2D eigenvalue weighted by Gasteiger charge is 2.43. The van der Waals surface area contributed by atoms with E-state index in [1.165, 1.54) is 19.2 Å². The second-order valence-corrected chi connectivity index (χ2v) is 9.10. The van der Waals surface area contributed by atoms with E-state index in [9.17, 15) is 32.3 Å². The number of alkyl halides is 3. The van der Waals surface area contributed by atoms with Crippen molar-refractivity contribution in [1.82, 2.24) is 0 Å². The van der Waals surface area contributed by atoms with Crippen LogP contribution in [-0.2, 0) is 5.41 Å². The van der Waals surface area contributed by atoms with Crippen LogP contribution in [0.15, 0.2) is 54.6 Å². The summed E-state index contributed by atoms with van der Waals surface area (Å²) >= 11 is 0. The van der Waals surface area contributed by atoms with Gasteiger partial charge in [0.1, 0.15) is 22.9 Å². The lowest BCUT2D eigenvalue weighted by Crippen LogP contribution is -2.27. The first-order valence-corrected chi connectivity index (χ1v) is 11.3. The van der Waals surface area contributed by atoms with Crippen LogP contribution in [0.3, 0.4) is 0 Å². The zero-order chi connectivity index (χ0) is 27.8. The summed E-state index contributed by atoms with van der Waals surface area (Å²) in [4.78, 5) is 26.5. The van der Waals surface area contributed by atoms with Crippen LogP contribution in [0.25, 0.3) is 0 Å². The quantitative estimate of drug-likeness (QED) is 0.313. The average molecular weight is 533 g/mol. The number of rotatable bonds is 6. The zero-order valence-electron chi connectivity index (χ0n) is 20.4. The normalized spacial score (nSPS) is 14.0. The molecule has 0 unspecified atom stereocenters. The lowest BCUT2D eigenvalue weighted by molar-refractivity contribution is -0.274. The largest absolute Gasteiger partial charge is 0.573 e. The van der Waals surface area contributed by atoms with E-state index >= 15 is 0 Å². The fourth-order valence-electron chi connectivity index (χ4n) is 4.51. The Morgan fingerprint density at radius 2 is 1.71 bits per heavy atom. The van der Waals surface area contributed by atoms with Crippen LogP contribution in [0.4, 0.5) is 45.1 Å². The number of urea groups is 1. The van der Waals surface area contributed by atoms with Crippen molar-refractivity contribution < 1.29 is 41.7 Å². The Hall–Kier alpha value is -4.48. The van der Waals surface area contributed by atoms with Gasteiger partial charge in [-0.25, -0.2) is 14.0 Å². The van der Waals surface area contributed by atoms with Gasteiger partial charge < -0.3 is 30.1 Å². The molecule has 0 aliphatic carbocycles. The zero-order valence-corrected chi connectivity index (χ0v) is 20.4. The molecule has 0 saturated carbocycles. The predicted molar refractivity (Wildman–Crippen MR) is 132 cm³/mol. The van der Waals surface area contributed by atoms with E-state index in [4.69, 9.17) is 4.74 Å². The number of carboxylic acids is 1. The molecule has 200 valence electrons. The Morgan fingerprint density at radius 3 is 2.32 bits per heavy atom. The van der Waals surface area contributed by atoms with Crippen molar-refractivity contribution >= 4 is 34.7 Å². The van der Waals surface area contributed by atoms with Crippen molar-refractivity contribution in [3.63, 3.8) is 0 Å². The number of hydrogen-bond donors (Lipinski definition) is 3. The van der Waals surface area contributed by atoms with Gasteiger partial charge in [-0.2, -0.15) is 0 Å². The van der Waals surface area contributed by atoms with Gasteiger partial charge in [-0.1, -0.05) is 26.0 Å². The van der Waals surface area contributed by atoms with Gasteiger partial charge in [0.05, 0.1) is 24.2 Å². The van der Waals surface area contributed by atoms with Crippen molar-refractivity contribution in [2.45, 2.75) is 25.6 Å². The molecule has 3 aromatic rings. The highest BCUT2D eigenvalue weighted by Crippen LogP contribution is 2.52. The first-order valence-electron chi connectivity index (χ1n) is 11.3. The van der Waals surface area contributed by atoms with Crippen LogP contribution in [0.2, 0.25) is 0 Å². The number of nitrogens with one attached hydrogen (secondary N) is 2. The van der Waals surface area contributed by atoms with Gasteiger partial charge in [-0.05, 0) is 36.4 Å². The number of benzene rings is 3. The molecule has 0 saturated heterocycles. The monoisotopic (exact) mass is 533 g/mol.